The first-order valence-electron chi connectivity index (χ1n) is 14.4. The third-order valence-corrected chi connectivity index (χ3v) is 10.5. The Morgan fingerprint density at radius 2 is 1.73 bits per heavy atom. The Morgan fingerprint density at radius 1 is 1.12 bits per heavy atom. The van der Waals surface area contributed by atoms with E-state index >= 15 is 0 Å². The third-order valence-electron chi connectivity index (χ3n) is 10.5. The fourth-order valence-corrected chi connectivity index (χ4v) is 8.43. The zero-order valence-corrected chi connectivity index (χ0v) is 25.8. The minimum Gasteiger partial charge on any atom is -0.457 e. The topological polar surface area (TPSA) is 123 Å². The van der Waals surface area contributed by atoms with Gasteiger partial charge in [-0.2, -0.15) is 0 Å². The molecule has 9 atom stereocenters. The van der Waals surface area contributed by atoms with Crippen molar-refractivity contribution in [1.82, 2.24) is 4.90 Å². The van der Waals surface area contributed by atoms with Crippen LogP contribution in [0.4, 0.5) is 0 Å². The lowest BCUT2D eigenvalue weighted by molar-refractivity contribution is -0.371. The number of Topliss-reactive ketones (excluding diaryl/α,β-unsaturated/α-hetero) is 1. The summed E-state index contributed by atoms with van der Waals surface area (Å²) >= 11 is 0. The number of likely N-dealkylation sites (tertiary alicyclic amines) is 1. The zero-order valence-electron chi connectivity index (χ0n) is 25.0. The lowest BCUT2D eigenvalue weighted by Crippen LogP contribution is -2.87. The first kappa shape index (κ1) is 33.0. The standard InChI is InChI=1S/C30H47NO8.ClH/c1-9-27(6)17-21(34)30(36)28(7)20(33)13-14-26(4,5)23(28)22(24(37-19(3)32)29(30,8)39-27)38-25(35)18(2)31-15-11-10-12-16-31;/h9,18,20,22-24,33,36H,1,10-17H2,2-8H3;1H/t18?,20-,22-,23-,24-,27-,28-,29+,30-;/m0./s1. The number of carbonyl (C=O) groups is 3. The Labute approximate surface area is 244 Å². The molecule has 4 rings (SSSR count). The highest BCUT2D eigenvalue weighted by atomic mass is 35.5. The van der Waals surface area contributed by atoms with Gasteiger partial charge in [-0.1, -0.05) is 33.3 Å². The first-order valence-corrected chi connectivity index (χ1v) is 14.4. The smallest absolute Gasteiger partial charge is 0.323 e. The zero-order chi connectivity index (χ0) is 29.2. The number of hydrogen-bond acceptors (Lipinski definition) is 9. The molecule has 10 heteroatoms. The highest BCUT2D eigenvalue weighted by molar-refractivity contribution is 5.92. The van der Waals surface area contributed by atoms with E-state index < -0.39 is 75.6 Å². The summed E-state index contributed by atoms with van der Waals surface area (Å²) in [6, 6.07) is -0.535. The van der Waals surface area contributed by atoms with Crippen LogP contribution in [0.25, 0.3) is 0 Å². The largest absolute Gasteiger partial charge is 0.457 e. The van der Waals surface area contributed by atoms with Gasteiger partial charge < -0.3 is 24.4 Å². The Morgan fingerprint density at radius 3 is 2.27 bits per heavy atom. The second-order valence-electron chi connectivity index (χ2n) is 13.5. The van der Waals surface area contributed by atoms with Crippen molar-refractivity contribution >= 4 is 30.1 Å². The van der Waals surface area contributed by atoms with Gasteiger partial charge in [-0.25, -0.2) is 0 Å². The van der Waals surface area contributed by atoms with Gasteiger partial charge in [0.1, 0.15) is 17.7 Å². The molecule has 228 valence electrons. The van der Waals surface area contributed by atoms with Crippen molar-refractivity contribution in [3.05, 3.63) is 12.7 Å². The molecule has 2 saturated carbocycles. The van der Waals surface area contributed by atoms with Gasteiger partial charge in [-0.3, -0.25) is 19.3 Å². The molecule has 2 aliphatic carbocycles. The molecule has 0 spiro atoms. The van der Waals surface area contributed by atoms with E-state index in [2.05, 4.69) is 11.5 Å². The molecule has 4 aliphatic rings. The van der Waals surface area contributed by atoms with E-state index in [1.54, 1.807) is 13.8 Å². The van der Waals surface area contributed by atoms with Gasteiger partial charge in [0.05, 0.1) is 11.7 Å². The highest BCUT2D eigenvalue weighted by Gasteiger charge is 2.82. The average molecular weight is 586 g/mol. The number of nitrogens with zero attached hydrogens (tertiary/aromatic N) is 1. The molecule has 2 saturated heterocycles. The highest BCUT2D eigenvalue weighted by Crippen LogP contribution is 2.67. The third kappa shape index (κ3) is 4.74. The van der Waals surface area contributed by atoms with E-state index in [9.17, 15) is 24.6 Å². The van der Waals surface area contributed by atoms with Crippen LogP contribution in [0.1, 0.15) is 87.0 Å². The number of esters is 2. The second-order valence-corrected chi connectivity index (χ2v) is 13.5. The Hall–Kier alpha value is -1.52. The number of aliphatic hydroxyl groups excluding tert-OH is 1. The summed E-state index contributed by atoms with van der Waals surface area (Å²) in [5, 5.41) is 24.3. The van der Waals surface area contributed by atoms with Crippen molar-refractivity contribution in [3.63, 3.8) is 0 Å². The molecule has 2 N–H and O–H groups in total. The van der Waals surface area contributed by atoms with Crippen molar-refractivity contribution in [3.8, 4) is 0 Å². The van der Waals surface area contributed by atoms with Crippen LogP contribution in [0.5, 0.6) is 0 Å². The average Bonchev–Trinajstić information content (AvgIpc) is 2.86. The Balaban J connectivity index is 0.00000441. The van der Waals surface area contributed by atoms with Crippen LogP contribution < -0.4 is 0 Å². The molecule has 0 aromatic heterocycles. The molecule has 2 heterocycles. The molecule has 0 bridgehead atoms. The fourth-order valence-electron chi connectivity index (χ4n) is 8.43. The van der Waals surface area contributed by atoms with Crippen molar-refractivity contribution in [2.45, 2.75) is 128 Å². The number of rotatable bonds is 5. The van der Waals surface area contributed by atoms with E-state index in [0.29, 0.717) is 12.8 Å². The lowest BCUT2D eigenvalue weighted by Gasteiger charge is -2.71. The summed E-state index contributed by atoms with van der Waals surface area (Å²) in [7, 11) is 0. The van der Waals surface area contributed by atoms with E-state index in [-0.39, 0.29) is 18.8 Å². The van der Waals surface area contributed by atoms with Gasteiger partial charge in [0.15, 0.2) is 17.5 Å². The minimum absolute atomic E-state index is 0. The van der Waals surface area contributed by atoms with Gasteiger partial charge in [0.25, 0.3) is 0 Å². The van der Waals surface area contributed by atoms with Crippen LogP contribution in [0, 0.1) is 16.7 Å². The molecule has 0 amide bonds. The fraction of sp³-hybridized carbons (Fsp3) is 0.833. The van der Waals surface area contributed by atoms with Crippen LogP contribution in [0.3, 0.4) is 0 Å². The van der Waals surface area contributed by atoms with E-state index in [4.69, 9.17) is 14.2 Å². The van der Waals surface area contributed by atoms with Gasteiger partial charge in [-0.05, 0) is 65.0 Å². The minimum atomic E-state index is -2.24. The van der Waals surface area contributed by atoms with Crippen molar-refractivity contribution < 1.29 is 38.8 Å². The van der Waals surface area contributed by atoms with Gasteiger partial charge in [-0.15, -0.1) is 19.0 Å². The maximum Gasteiger partial charge on any atom is 0.323 e. The van der Waals surface area contributed by atoms with Gasteiger partial charge in [0.2, 0.25) is 0 Å². The van der Waals surface area contributed by atoms with Crippen molar-refractivity contribution in [2.24, 2.45) is 16.7 Å². The van der Waals surface area contributed by atoms with Crippen LogP contribution in [0.2, 0.25) is 0 Å². The molecule has 9 nitrogen and oxygen atoms in total. The molecular formula is C30H48ClNO8. The molecule has 2 aliphatic heterocycles. The maximum atomic E-state index is 14.1. The SMILES string of the molecule is C=C[C@@]1(C)CC(=O)[C@]2(O)[C@@]3(C)[C@@H](O)CCC(C)(C)[C@@H]3[C@H](OC(=O)C(C)N3CCCCC3)[C@H](OC(C)=O)[C@@]2(C)O1.Cl. The maximum absolute atomic E-state index is 14.1. The predicted octanol–water partition coefficient (Wildman–Crippen LogP) is 3.37. The summed E-state index contributed by atoms with van der Waals surface area (Å²) in [5.41, 5.74) is -7.34. The summed E-state index contributed by atoms with van der Waals surface area (Å²) in [4.78, 5) is 42.5. The van der Waals surface area contributed by atoms with Gasteiger partial charge >= 0.3 is 11.9 Å². The first-order chi connectivity index (χ1) is 18.0. The summed E-state index contributed by atoms with van der Waals surface area (Å²) in [6.45, 7) is 17.3. The quantitative estimate of drug-likeness (QED) is 0.369. The molecule has 1 unspecified atom stereocenters. The predicted molar refractivity (Wildman–Crippen MR) is 151 cm³/mol. The molecule has 0 aromatic carbocycles. The number of ether oxygens (including phenoxy) is 3. The number of ketones is 1. The summed E-state index contributed by atoms with van der Waals surface area (Å²) < 4.78 is 18.8. The second kappa shape index (κ2) is 11.0. The van der Waals surface area contributed by atoms with Crippen LogP contribution in [0.15, 0.2) is 12.7 Å². The summed E-state index contributed by atoms with van der Waals surface area (Å²) in [6.07, 6.45) is 1.84. The number of fused-ring (bicyclic) bond motifs is 3. The van der Waals surface area contributed by atoms with Gasteiger partial charge in [0, 0.05) is 24.7 Å². The number of halogens is 1. The van der Waals surface area contributed by atoms with E-state index in [1.165, 1.54) is 19.9 Å². The molecular weight excluding hydrogens is 538 g/mol. The van der Waals surface area contributed by atoms with Crippen LogP contribution >= 0.6 is 12.4 Å². The van der Waals surface area contributed by atoms with Crippen LogP contribution in [-0.4, -0.2) is 87.1 Å². The Kier molecular flexibility index (Phi) is 9.03. The number of hydrogen-bond donors (Lipinski definition) is 2. The van der Waals surface area contributed by atoms with Crippen LogP contribution in [-0.2, 0) is 28.6 Å². The number of carbonyl (C=O) groups excluding carboxylic acids is 3. The lowest BCUT2D eigenvalue weighted by atomic mass is 9.39. The normalized spacial score (nSPS) is 43.8. The van der Waals surface area contributed by atoms with Crippen molar-refractivity contribution in [2.75, 3.05) is 13.1 Å². The Bertz CT molecular complexity index is 1030. The molecule has 40 heavy (non-hydrogen) atoms. The van der Waals surface area contributed by atoms with E-state index in [1.807, 2.05) is 20.8 Å². The molecule has 0 aromatic rings. The van der Waals surface area contributed by atoms with E-state index in [0.717, 1.165) is 32.4 Å². The van der Waals surface area contributed by atoms with Crippen molar-refractivity contribution in [1.29, 1.82) is 0 Å². The monoisotopic (exact) mass is 585 g/mol. The molecule has 0 radical (unpaired) electrons. The molecule has 4 fully saturated rings. The summed E-state index contributed by atoms with van der Waals surface area (Å²) in [5.74, 6) is -2.38. The number of aliphatic hydroxyl groups is 2. The number of piperidine rings is 1.